The van der Waals surface area contributed by atoms with E-state index in [4.69, 9.17) is 11.5 Å². The zero-order valence-corrected chi connectivity index (χ0v) is 10.3. The van der Waals surface area contributed by atoms with Gasteiger partial charge in [0.15, 0.2) is 0 Å². The van der Waals surface area contributed by atoms with Gasteiger partial charge in [-0.05, 0) is 24.6 Å². The topological polar surface area (TPSA) is 52.0 Å². The van der Waals surface area contributed by atoms with Crippen LogP contribution in [-0.2, 0) is 0 Å². The van der Waals surface area contributed by atoms with Crippen LogP contribution in [0.1, 0.15) is 5.56 Å². The van der Waals surface area contributed by atoms with Gasteiger partial charge in [0, 0.05) is 11.4 Å². The summed E-state index contributed by atoms with van der Waals surface area (Å²) >= 11 is 0. The predicted octanol–water partition coefficient (Wildman–Crippen LogP) is 2.85. The fraction of sp³-hybridized carbons (Fsp3) is 0.143. The molecule has 13 heavy (non-hydrogen) atoms. The van der Waals surface area contributed by atoms with Crippen molar-refractivity contribution in [2.45, 2.75) is 6.92 Å². The third kappa shape index (κ3) is 7.08. The lowest BCUT2D eigenvalue weighted by Gasteiger charge is -1.98. The van der Waals surface area contributed by atoms with Crippen molar-refractivity contribution in [2.75, 3.05) is 11.5 Å². The number of hydrogen-bond donors (Lipinski definition) is 2. The number of benzene rings is 1. The largest absolute Gasteiger partial charge is 0.399 e. The van der Waals surface area contributed by atoms with E-state index >= 15 is 0 Å². The van der Waals surface area contributed by atoms with Crippen molar-refractivity contribution < 1.29 is 0 Å². The Labute approximate surface area is 103 Å². The van der Waals surface area contributed by atoms with Gasteiger partial charge in [0.25, 0.3) is 0 Å². The second-order valence-corrected chi connectivity index (χ2v) is 2.12. The second-order valence-electron chi connectivity index (χ2n) is 2.12. The predicted molar refractivity (Wildman–Crippen MR) is 69.0 cm³/mol. The summed E-state index contributed by atoms with van der Waals surface area (Å²) in [4.78, 5) is 0. The van der Waals surface area contributed by atoms with Crippen LogP contribution in [0.3, 0.4) is 0 Å². The van der Waals surface area contributed by atoms with Gasteiger partial charge in [0.05, 0.1) is 0 Å². The Hall–Kier alpha value is -0.0200. The summed E-state index contributed by atoms with van der Waals surface area (Å²) in [6.07, 6.45) is 0. The van der Waals surface area contributed by atoms with Gasteiger partial charge >= 0.3 is 0 Å². The van der Waals surface area contributed by atoms with Crippen LogP contribution in [0.5, 0.6) is 0 Å². The van der Waals surface area contributed by atoms with E-state index in [2.05, 4.69) is 0 Å². The molecule has 0 unspecified atom stereocenters. The molecule has 0 atom stereocenters. The molecule has 1 aromatic rings. The van der Waals surface area contributed by atoms with Gasteiger partial charge in [0.2, 0.25) is 0 Å². The first kappa shape index (κ1) is 23.1. The maximum Gasteiger partial charge on any atom is 0.0364 e. The highest BCUT2D eigenvalue weighted by atomic mass is 35.5. The zero-order valence-electron chi connectivity index (χ0n) is 7.02. The SMILES string of the molecule is Cc1ccc(N)cc1N.Cl.Cl.Cl.Cl. The number of anilines is 2. The van der Waals surface area contributed by atoms with Gasteiger partial charge in [-0.25, -0.2) is 0 Å². The van der Waals surface area contributed by atoms with Crippen LogP contribution in [-0.4, -0.2) is 0 Å². The minimum absolute atomic E-state index is 0. The smallest absolute Gasteiger partial charge is 0.0364 e. The van der Waals surface area contributed by atoms with Gasteiger partial charge in [-0.3, -0.25) is 0 Å². The Morgan fingerprint density at radius 1 is 0.923 bits per heavy atom. The molecular weight excluding hydrogens is 254 g/mol. The highest BCUT2D eigenvalue weighted by molar-refractivity contribution is 5.86. The molecule has 4 N–H and O–H groups in total. The minimum atomic E-state index is 0. The van der Waals surface area contributed by atoms with E-state index in [9.17, 15) is 0 Å². The first-order chi connectivity index (χ1) is 4.20. The Morgan fingerprint density at radius 2 is 1.38 bits per heavy atom. The van der Waals surface area contributed by atoms with Crippen molar-refractivity contribution in [3.05, 3.63) is 23.8 Å². The molecule has 6 heteroatoms. The molecule has 0 spiro atoms. The molecule has 0 aliphatic rings. The van der Waals surface area contributed by atoms with E-state index in [1.807, 2.05) is 19.1 Å². The average Bonchev–Trinajstić information content (AvgIpc) is 1.80. The third-order valence-corrected chi connectivity index (χ3v) is 1.30. The molecule has 0 fully saturated rings. The lowest BCUT2D eigenvalue weighted by molar-refractivity contribution is 1.47. The van der Waals surface area contributed by atoms with Crippen LogP contribution >= 0.6 is 49.6 Å². The second kappa shape index (κ2) is 10.1. The Kier molecular flexibility index (Phi) is 17.9. The van der Waals surface area contributed by atoms with Crippen molar-refractivity contribution in [1.29, 1.82) is 0 Å². The standard InChI is InChI=1S/C7H10N2.4ClH/c1-5-2-3-6(8)4-7(5)9;;;;/h2-4H,8-9H2,1H3;4*1H. The monoisotopic (exact) mass is 266 g/mol. The quantitative estimate of drug-likeness (QED) is 0.711. The van der Waals surface area contributed by atoms with E-state index in [-0.39, 0.29) is 49.6 Å². The summed E-state index contributed by atoms with van der Waals surface area (Å²) in [5.74, 6) is 0. The fourth-order valence-electron chi connectivity index (χ4n) is 0.659. The van der Waals surface area contributed by atoms with E-state index in [0.717, 1.165) is 16.9 Å². The summed E-state index contributed by atoms with van der Waals surface area (Å²) in [6.45, 7) is 1.95. The van der Waals surface area contributed by atoms with Crippen molar-refractivity contribution >= 4 is 61.0 Å². The minimum Gasteiger partial charge on any atom is -0.399 e. The van der Waals surface area contributed by atoms with Gasteiger partial charge in [-0.2, -0.15) is 0 Å². The number of nitrogens with two attached hydrogens (primary N) is 2. The van der Waals surface area contributed by atoms with Crippen LogP contribution in [0.4, 0.5) is 11.4 Å². The molecule has 0 bridgehead atoms. The van der Waals surface area contributed by atoms with E-state index < -0.39 is 0 Å². The molecule has 0 saturated carbocycles. The van der Waals surface area contributed by atoms with Crippen molar-refractivity contribution in [2.24, 2.45) is 0 Å². The summed E-state index contributed by atoms with van der Waals surface area (Å²) in [5.41, 5.74) is 13.5. The van der Waals surface area contributed by atoms with Gasteiger partial charge in [-0.15, -0.1) is 49.6 Å². The molecule has 0 heterocycles. The molecule has 80 valence electrons. The van der Waals surface area contributed by atoms with Gasteiger partial charge < -0.3 is 11.5 Å². The molecule has 0 aromatic heterocycles. The average molecular weight is 268 g/mol. The van der Waals surface area contributed by atoms with Crippen molar-refractivity contribution in [3.8, 4) is 0 Å². The molecule has 0 amide bonds. The van der Waals surface area contributed by atoms with Crippen LogP contribution < -0.4 is 11.5 Å². The van der Waals surface area contributed by atoms with Crippen LogP contribution in [0.2, 0.25) is 0 Å². The zero-order chi connectivity index (χ0) is 6.85. The van der Waals surface area contributed by atoms with E-state index in [1.165, 1.54) is 0 Å². The molecular formula is C7H14Cl4N2. The number of hydrogen-bond acceptors (Lipinski definition) is 2. The lowest BCUT2D eigenvalue weighted by atomic mass is 10.2. The summed E-state index contributed by atoms with van der Waals surface area (Å²) in [6, 6.07) is 5.51. The van der Waals surface area contributed by atoms with Crippen LogP contribution in [0, 0.1) is 6.92 Å². The number of nitrogen functional groups attached to an aromatic ring is 2. The number of halogens is 4. The molecule has 0 radical (unpaired) electrons. The number of rotatable bonds is 0. The van der Waals surface area contributed by atoms with E-state index in [1.54, 1.807) is 6.07 Å². The molecule has 0 aliphatic heterocycles. The normalized spacial score (nSPS) is 6.54. The fourth-order valence-corrected chi connectivity index (χ4v) is 0.659. The highest BCUT2D eigenvalue weighted by Gasteiger charge is 1.90. The van der Waals surface area contributed by atoms with Crippen molar-refractivity contribution in [3.63, 3.8) is 0 Å². The lowest BCUT2D eigenvalue weighted by Crippen LogP contribution is -1.91. The highest BCUT2D eigenvalue weighted by Crippen LogP contribution is 2.13. The van der Waals surface area contributed by atoms with Crippen LogP contribution in [0.15, 0.2) is 18.2 Å². The first-order valence-corrected chi connectivity index (χ1v) is 2.82. The molecule has 0 aliphatic carbocycles. The van der Waals surface area contributed by atoms with Gasteiger partial charge in [0.1, 0.15) is 0 Å². The molecule has 1 rings (SSSR count). The number of aryl methyl sites for hydroxylation is 1. The van der Waals surface area contributed by atoms with Crippen LogP contribution in [0.25, 0.3) is 0 Å². The summed E-state index contributed by atoms with van der Waals surface area (Å²) < 4.78 is 0. The Bertz CT molecular complexity index is 230. The van der Waals surface area contributed by atoms with E-state index in [0.29, 0.717) is 0 Å². The molecule has 1 aromatic carbocycles. The van der Waals surface area contributed by atoms with Gasteiger partial charge in [-0.1, -0.05) is 6.07 Å². The molecule has 2 nitrogen and oxygen atoms in total. The Morgan fingerprint density at radius 3 is 1.69 bits per heavy atom. The Balaban J connectivity index is -0.000000101. The third-order valence-electron chi connectivity index (χ3n) is 1.30. The van der Waals surface area contributed by atoms with Crippen molar-refractivity contribution in [1.82, 2.24) is 0 Å². The summed E-state index contributed by atoms with van der Waals surface area (Å²) in [7, 11) is 0. The maximum absolute atomic E-state index is 5.54. The maximum atomic E-state index is 5.54. The first-order valence-electron chi connectivity index (χ1n) is 2.82. The molecule has 0 saturated heterocycles. The summed E-state index contributed by atoms with van der Waals surface area (Å²) in [5, 5.41) is 0.